The molecule has 0 saturated carbocycles. The third kappa shape index (κ3) is 3.97. The lowest BCUT2D eigenvalue weighted by Gasteiger charge is -1.98. The molecule has 0 aromatic carbocycles. The fourth-order valence-electron chi connectivity index (χ4n) is 1.46. The van der Waals surface area contributed by atoms with Gasteiger partial charge in [0.25, 0.3) is 0 Å². The molecule has 1 aromatic heterocycles. The van der Waals surface area contributed by atoms with Crippen LogP contribution in [-0.4, -0.2) is 22.4 Å². The number of aryl methyl sites for hydroxylation is 2. The molecule has 0 radical (unpaired) electrons. The molecule has 1 aromatic rings. The van der Waals surface area contributed by atoms with Crippen LogP contribution < -0.4 is 0 Å². The van der Waals surface area contributed by atoms with Crippen LogP contribution in [-0.2, 0) is 16.1 Å². The summed E-state index contributed by atoms with van der Waals surface area (Å²) in [6.45, 7) is 4.15. The van der Waals surface area contributed by atoms with Gasteiger partial charge in [-0.25, -0.2) is 4.79 Å². The number of carbonyl (C=O) groups is 1. The highest BCUT2D eigenvalue weighted by atomic mass is 16.5. The highest BCUT2D eigenvalue weighted by molar-refractivity contribution is 5.97. The van der Waals surface area contributed by atoms with Crippen LogP contribution in [0.4, 0.5) is 0 Å². The number of hydrogen-bond donors (Lipinski definition) is 0. The van der Waals surface area contributed by atoms with Crippen molar-refractivity contribution in [2.75, 3.05) is 6.61 Å². The summed E-state index contributed by atoms with van der Waals surface area (Å²) in [5, 5.41) is 21.6. The smallest absolute Gasteiger partial charge is 0.348 e. The van der Waals surface area contributed by atoms with E-state index in [2.05, 4.69) is 5.10 Å². The van der Waals surface area contributed by atoms with E-state index in [1.807, 2.05) is 12.1 Å². The zero-order valence-corrected chi connectivity index (χ0v) is 10.9. The maximum Gasteiger partial charge on any atom is 0.348 e. The molecule has 0 unspecified atom stereocenters. The molecule has 0 aliphatic carbocycles. The van der Waals surface area contributed by atoms with E-state index in [9.17, 15) is 4.79 Å². The van der Waals surface area contributed by atoms with E-state index in [0.29, 0.717) is 24.2 Å². The van der Waals surface area contributed by atoms with Gasteiger partial charge in [0.1, 0.15) is 11.6 Å². The van der Waals surface area contributed by atoms with Gasteiger partial charge in [-0.1, -0.05) is 0 Å². The van der Waals surface area contributed by atoms with Crippen molar-refractivity contribution >= 4 is 12.0 Å². The summed E-state index contributed by atoms with van der Waals surface area (Å²) >= 11 is 0. The van der Waals surface area contributed by atoms with Crippen LogP contribution in [0, 0.1) is 29.6 Å². The van der Waals surface area contributed by atoms with Crippen LogP contribution >= 0.6 is 0 Å². The predicted molar refractivity (Wildman–Crippen MR) is 67.4 cm³/mol. The van der Waals surface area contributed by atoms with Gasteiger partial charge in [-0.05, 0) is 19.9 Å². The van der Waals surface area contributed by atoms with E-state index in [-0.39, 0.29) is 12.2 Å². The third-order valence-electron chi connectivity index (χ3n) is 2.35. The molecule has 6 nitrogen and oxygen atoms in total. The Hall–Kier alpha value is -2.60. The minimum atomic E-state index is -0.644. The Morgan fingerprint density at radius 2 is 2.32 bits per heavy atom. The summed E-state index contributed by atoms with van der Waals surface area (Å²) in [5.74, 6) is -0.644. The molecule has 1 rings (SSSR count). The Balaban J connectivity index is 2.96. The van der Waals surface area contributed by atoms with Crippen LogP contribution in [0.1, 0.15) is 24.6 Å². The maximum absolute atomic E-state index is 11.5. The Bertz CT molecular complexity index is 572. The van der Waals surface area contributed by atoms with E-state index in [0.717, 1.165) is 0 Å². The Morgan fingerprint density at radius 3 is 2.89 bits per heavy atom. The SMILES string of the molecule is CCOC(=O)/C(C#N)=C\c1cn(CCC#N)nc1C. The van der Waals surface area contributed by atoms with Gasteiger partial charge >= 0.3 is 5.97 Å². The number of esters is 1. The Morgan fingerprint density at radius 1 is 1.58 bits per heavy atom. The first-order valence-corrected chi connectivity index (χ1v) is 5.82. The number of aromatic nitrogens is 2. The lowest BCUT2D eigenvalue weighted by Crippen LogP contribution is -2.06. The highest BCUT2D eigenvalue weighted by Crippen LogP contribution is 2.12. The quantitative estimate of drug-likeness (QED) is 0.454. The third-order valence-corrected chi connectivity index (χ3v) is 2.35. The second kappa shape index (κ2) is 6.97. The van der Waals surface area contributed by atoms with Gasteiger partial charge in [0.05, 0.1) is 31.3 Å². The fraction of sp³-hybridized carbons (Fsp3) is 0.385. The molecule has 98 valence electrons. The second-order valence-electron chi connectivity index (χ2n) is 3.73. The summed E-state index contributed by atoms with van der Waals surface area (Å²) in [6, 6.07) is 3.84. The maximum atomic E-state index is 11.5. The van der Waals surface area contributed by atoms with Crippen molar-refractivity contribution in [1.82, 2.24) is 9.78 Å². The molecule has 0 N–H and O–H groups in total. The lowest BCUT2D eigenvalue weighted by molar-refractivity contribution is -0.137. The van der Waals surface area contributed by atoms with Crippen LogP contribution in [0.5, 0.6) is 0 Å². The van der Waals surface area contributed by atoms with Gasteiger partial charge in [-0.2, -0.15) is 15.6 Å². The van der Waals surface area contributed by atoms with Gasteiger partial charge < -0.3 is 4.74 Å². The molecule has 0 fully saturated rings. The molecule has 6 heteroatoms. The van der Waals surface area contributed by atoms with E-state index < -0.39 is 5.97 Å². The van der Waals surface area contributed by atoms with Gasteiger partial charge in [0, 0.05) is 11.8 Å². The van der Waals surface area contributed by atoms with Crippen molar-refractivity contribution in [3.63, 3.8) is 0 Å². The molecule has 0 aliphatic heterocycles. The van der Waals surface area contributed by atoms with E-state index in [1.165, 1.54) is 6.08 Å². The van der Waals surface area contributed by atoms with E-state index in [1.54, 1.807) is 24.7 Å². The first-order chi connectivity index (χ1) is 9.12. The minimum absolute atomic E-state index is 0.0650. The highest BCUT2D eigenvalue weighted by Gasteiger charge is 2.11. The van der Waals surface area contributed by atoms with Crippen molar-refractivity contribution in [3.05, 3.63) is 23.0 Å². The summed E-state index contributed by atoms with van der Waals surface area (Å²) in [6.07, 6.45) is 3.50. The first kappa shape index (κ1) is 14.5. The normalized spacial score (nSPS) is 10.6. The number of rotatable bonds is 5. The Kier molecular flexibility index (Phi) is 5.31. The average molecular weight is 258 g/mol. The van der Waals surface area contributed by atoms with Gasteiger partial charge in [-0.3, -0.25) is 4.68 Å². The van der Waals surface area contributed by atoms with Crippen molar-refractivity contribution in [2.24, 2.45) is 0 Å². The number of ether oxygens (including phenoxy) is 1. The number of hydrogen-bond acceptors (Lipinski definition) is 5. The molecule has 0 spiro atoms. The van der Waals surface area contributed by atoms with Crippen molar-refractivity contribution in [3.8, 4) is 12.1 Å². The second-order valence-corrected chi connectivity index (χ2v) is 3.73. The van der Waals surface area contributed by atoms with Gasteiger partial charge in [0.15, 0.2) is 0 Å². The molecule has 0 aliphatic rings. The predicted octanol–water partition coefficient (Wildman–Crippen LogP) is 1.58. The summed E-state index contributed by atoms with van der Waals surface area (Å²) in [5.41, 5.74) is 1.29. The van der Waals surface area contributed by atoms with Crippen LogP contribution in [0.25, 0.3) is 6.08 Å². The minimum Gasteiger partial charge on any atom is -0.462 e. The van der Waals surface area contributed by atoms with Gasteiger partial charge in [0.2, 0.25) is 0 Å². The molecule has 0 bridgehead atoms. The monoisotopic (exact) mass is 258 g/mol. The topological polar surface area (TPSA) is 91.7 Å². The summed E-state index contributed by atoms with van der Waals surface area (Å²) < 4.78 is 6.39. The van der Waals surface area contributed by atoms with E-state index in [4.69, 9.17) is 15.3 Å². The molecular weight excluding hydrogens is 244 g/mol. The summed E-state index contributed by atoms with van der Waals surface area (Å²) in [7, 11) is 0. The standard InChI is InChI=1S/C13H14N4O2/c1-3-19-13(18)11(8-15)7-12-9-17(6-4-5-14)16-10(12)2/h7,9H,3-4,6H2,1-2H3/b11-7-. The van der Waals surface area contributed by atoms with E-state index >= 15 is 0 Å². The van der Waals surface area contributed by atoms with Crippen molar-refractivity contribution < 1.29 is 9.53 Å². The number of carbonyl (C=O) groups excluding carboxylic acids is 1. The molecule has 0 atom stereocenters. The number of nitrogens with zero attached hydrogens (tertiary/aromatic N) is 4. The molecular formula is C13H14N4O2. The van der Waals surface area contributed by atoms with Gasteiger partial charge in [-0.15, -0.1) is 0 Å². The summed E-state index contributed by atoms with van der Waals surface area (Å²) in [4.78, 5) is 11.5. The van der Waals surface area contributed by atoms with Crippen LogP contribution in [0.3, 0.4) is 0 Å². The number of nitriles is 2. The molecule has 1 heterocycles. The van der Waals surface area contributed by atoms with Crippen molar-refractivity contribution in [2.45, 2.75) is 26.8 Å². The zero-order chi connectivity index (χ0) is 14.3. The fourth-order valence-corrected chi connectivity index (χ4v) is 1.46. The Labute approximate surface area is 111 Å². The lowest BCUT2D eigenvalue weighted by atomic mass is 10.2. The van der Waals surface area contributed by atoms with Crippen LogP contribution in [0.15, 0.2) is 11.8 Å². The average Bonchev–Trinajstić information content (AvgIpc) is 2.74. The molecule has 0 saturated heterocycles. The molecule has 19 heavy (non-hydrogen) atoms. The zero-order valence-electron chi connectivity index (χ0n) is 10.9. The largest absolute Gasteiger partial charge is 0.462 e. The molecule has 0 amide bonds. The van der Waals surface area contributed by atoms with Crippen LogP contribution in [0.2, 0.25) is 0 Å². The first-order valence-electron chi connectivity index (χ1n) is 5.82. The van der Waals surface area contributed by atoms with Crippen molar-refractivity contribution in [1.29, 1.82) is 10.5 Å².